The summed E-state index contributed by atoms with van der Waals surface area (Å²) in [6, 6.07) is 11.9. The summed E-state index contributed by atoms with van der Waals surface area (Å²) in [5, 5.41) is 5.13. The third kappa shape index (κ3) is 4.43. The number of carbonyl (C=O) groups is 1. The van der Waals surface area contributed by atoms with Crippen molar-refractivity contribution < 1.29 is 18.7 Å². The summed E-state index contributed by atoms with van der Waals surface area (Å²) in [5.41, 5.74) is 3.43. The van der Waals surface area contributed by atoms with E-state index in [9.17, 15) is 9.18 Å². The van der Waals surface area contributed by atoms with Gasteiger partial charge in [0.05, 0.1) is 18.2 Å². The van der Waals surface area contributed by atoms with E-state index >= 15 is 0 Å². The third-order valence-corrected chi connectivity index (χ3v) is 6.56. The van der Waals surface area contributed by atoms with E-state index in [1.165, 1.54) is 23.5 Å². The zero-order valence-corrected chi connectivity index (χ0v) is 19.2. The lowest BCUT2D eigenvalue weighted by molar-refractivity contribution is -0.121. The topological polar surface area (TPSA) is 64.9 Å². The number of hydrogen-bond acceptors (Lipinski definition) is 5. The maximum atomic E-state index is 13.2. The fraction of sp³-hybridized carbons (Fsp3) is 0.280. The SMILES string of the molecule is CC(C)[C@H](NC(=O)Cc1csc2nc(-c3ccc(F)cc3)cn12)c1ccc2c(c1)OCCO2. The number of ether oxygens (including phenoxy) is 2. The van der Waals surface area contributed by atoms with E-state index in [1.54, 1.807) is 12.1 Å². The summed E-state index contributed by atoms with van der Waals surface area (Å²) in [4.78, 5) is 18.4. The van der Waals surface area contributed by atoms with Crippen LogP contribution < -0.4 is 14.8 Å². The molecule has 1 atom stereocenters. The molecule has 1 N–H and O–H groups in total. The molecule has 1 amide bonds. The van der Waals surface area contributed by atoms with Gasteiger partial charge in [0.1, 0.15) is 19.0 Å². The van der Waals surface area contributed by atoms with Crippen molar-refractivity contribution in [3.8, 4) is 22.8 Å². The minimum atomic E-state index is -0.283. The van der Waals surface area contributed by atoms with Gasteiger partial charge in [-0.2, -0.15) is 0 Å². The molecule has 0 bridgehead atoms. The quantitative estimate of drug-likeness (QED) is 0.434. The van der Waals surface area contributed by atoms with Gasteiger partial charge in [0.15, 0.2) is 16.5 Å². The van der Waals surface area contributed by atoms with Crippen LogP contribution in [0.1, 0.15) is 31.1 Å². The van der Waals surface area contributed by atoms with Gasteiger partial charge in [0, 0.05) is 22.8 Å². The van der Waals surface area contributed by atoms with E-state index in [1.807, 2.05) is 34.2 Å². The van der Waals surface area contributed by atoms with Gasteiger partial charge in [-0.05, 0) is 47.9 Å². The highest BCUT2D eigenvalue weighted by Crippen LogP contribution is 2.34. The Morgan fingerprint density at radius 2 is 1.91 bits per heavy atom. The van der Waals surface area contributed by atoms with Crippen LogP contribution in [-0.2, 0) is 11.2 Å². The maximum absolute atomic E-state index is 13.2. The molecule has 2 aromatic carbocycles. The second-order valence-electron chi connectivity index (χ2n) is 8.38. The van der Waals surface area contributed by atoms with Gasteiger partial charge in [0.25, 0.3) is 0 Å². The summed E-state index contributed by atoms with van der Waals surface area (Å²) in [6.45, 7) is 5.22. The van der Waals surface area contributed by atoms with Crippen molar-refractivity contribution in [1.29, 1.82) is 0 Å². The molecule has 170 valence electrons. The number of halogens is 1. The maximum Gasteiger partial charge on any atom is 0.226 e. The largest absolute Gasteiger partial charge is 0.486 e. The van der Waals surface area contributed by atoms with E-state index in [4.69, 9.17) is 9.47 Å². The lowest BCUT2D eigenvalue weighted by atomic mass is 9.95. The Hall–Kier alpha value is -3.39. The lowest BCUT2D eigenvalue weighted by Gasteiger charge is -2.25. The van der Waals surface area contributed by atoms with Crippen LogP contribution in [0.4, 0.5) is 4.39 Å². The molecule has 2 aromatic heterocycles. The lowest BCUT2D eigenvalue weighted by Crippen LogP contribution is -2.33. The molecule has 0 saturated carbocycles. The van der Waals surface area contributed by atoms with Crippen LogP contribution in [0.25, 0.3) is 16.2 Å². The minimum Gasteiger partial charge on any atom is -0.486 e. The van der Waals surface area contributed by atoms with E-state index < -0.39 is 0 Å². The number of carbonyl (C=O) groups excluding carboxylic acids is 1. The van der Waals surface area contributed by atoms with Crippen LogP contribution in [0.5, 0.6) is 11.5 Å². The zero-order valence-electron chi connectivity index (χ0n) is 18.4. The van der Waals surface area contributed by atoms with Crippen LogP contribution in [-0.4, -0.2) is 28.5 Å². The number of hydrogen-bond donors (Lipinski definition) is 1. The Kier molecular flexibility index (Phi) is 5.76. The fourth-order valence-corrected chi connectivity index (χ4v) is 4.87. The minimum absolute atomic E-state index is 0.0691. The predicted octanol–water partition coefficient (Wildman–Crippen LogP) is 5.03. The standard InChI is InChI=1S/C25H24FN3O3S/c1-15(2)24(17-5-8-21-22(11-17)32-10-9-31-21)28-23(30)12-19-14-33-25-27-20(13-29(19)25)16-3-6-18(26)7-4-16/h3-8,11,13-15,24H,9-10,12H2,1-2H3,(H,28,30)/t24-/m0/s1. The Bertz CT molecular complexity index is 1300. The molecular formula is C25H24FN3O3S. The first kappa shape index (κ1) is 21.5. The van der Waals surface area contributed by atoms with Crippen molar-refractivity contribution in [1.82, 2.24) is 14.7 Å². The molecule has 0 radical (unpaired) electrons. The van der Waals surface area contributed by atoms with Crippen molar-refractivity contribution in [2.75, 3.05) is 13.2 Å². The molecule has 5 rings (SSSR count). The molecule has 0 fully saturated rings. The van der Waals surface area contributed by atoms with Crippen molar-refractivity contribution in [2.45, 2.75) is 26.3 Å². The van der Waals surface area contributed by atoms with Gasteiger partial charge in [-0.3, -0.25) is 9.20 Å². The smallest absolute Gasteiger partial charge is 0.226 e. The first-order valence-electron chi connectivity index (χ1n) is 10.9. The number of fused-ring (bicyclic) bond motifs is 2. The second kappa shape index (κ2) is 8.86. The zero-order chi connectivity index (χ0) is 22.9. The summed E-state index contributed by atoms with van der Waals surface area (Å²) in [5.74, 6) is 1.29. The number of aromatic nitrogens is 2. The summed E-state index contributed by atoms with van der Waals surface area (Å²) in [6.07, 6.45) is 2.12. The first-order chi connectivity index (χ1) is 16.0. The number of rotatable bonds is 6. The molecule has 0 spiro atoms. The van der Waals surface area contributed by atoms with E-state index in [0.717, 1.165) is 33.2 Å². The first-order valence-corrected chi connectivity index (χ1v) is 11.8. The monoisotopic (exact) mass is 465 g/mol. The molecule has 3 heterocycles. The highest BCUT2D eigenvalue weighted by molar-refractivity contribution is 7.15. The molecule has 1 aliphatic heterocycles. The summed E-state index contributed by atoms with van der Waals surface area (Å²) in [7, 11) is 0. The number of amides is 1. The molecule has 0 saturated heterocycles. The molecule has 0 aliphatic carbocycles. The molecule has 0 unspecified atom stereocenters. The normalized spacial score (nSPS) is 13.9. The van der Waals surface area contributed by atoms with Gasteiger partial charge >= 0.3 is 0 Å². The molecule has 8 heteroatoms. The summed E-state index contributed by atoms with van der Waals surface area (Å²) < 4.78 is 26.5. The van der Waals surface area contributed by atoms with Crippen molar-refractivity contribution in [3.05, 3.63) is 71.1 Å². The van der Waals surface area contributed by atoms with Crippen molar-refractivity contribution >= 4 is 22.2 Å². The number of benzene rings is 2. The predicted molar refractivity (Wildman–Crippen MR) is 125 cm³/mol. The fourth-order valence-electron chi connectivity index (χ4n) is 3.99. The molecule has 6 nitrogen and oxygen atoms in total. The number of imidazole rings is 1. The van der Waals surface area contributed by atoms with Crippen molar-refractivity contribution in [2.24, 2.45) is 5.92 Å². The highest BCUT2D eigenvalue weighted by atomic mass is 32.1. The summed E-state index contributed by atoms with van der Waals surface area (Å²) >= 11 is 1.48. The van der Waals surface area contributed by atoms with Crippen LogP contribution in [0.15, 0.2) is 54.0 Å². The van der Waals surface area contributed by atoms with Crippen LogP contribution in [0.2, 0.25) is 0 Å². The van der Waals surface area contributed by atoms with Gasteiger partial charge in [-0.1, -0.05) is 19.9 Å². The molecule has 33 heavy (non-hydrogen) atoms. The van der Waals surface area contributed by atoms with Crippen LogP contribution in [0.3, 0.4) is 0 Å². The second-order valence-corrected chi connectivity index (χ2v) is 9.22. The number of nitrogens with one attached hydrogen (secondary N) is 1. The van der Waals surface area contributed by atoms with Crippen molar-refractivity contribution in [3.63, 3.8) is 0 Å². The molecule has 1 aliphatic rings. The molecular weight excluding hydrogens is 441 g/mol. The van der Waals surface area contributed by atoms with Gasteiger partial charge in [-0.25, -0.2) is 9.37 Å². The average molecular weight is 466 g/mol. The highest BCUT2D eigenvalue weighted by Gasteiger charge is 2.22. The van der Waals surface area contributed by atoms with E-state index in [0.29, 0.717) is 19.0 Å². The van der Waals surface area contributed by atoms with E-state index in [2.05, 4.69) is 24.1 Å². The Labute approximate surface area is 195 Å². The average Bonchev–Trinajstić information content (AvgIpc) is 3.39. The Morgan fingerprint density at radius 3 is 2.67 bits per heavy atom. The van der Waals surface area contributed by atoms with Gasteiger partial charge in [-0.15, -0.1) is 11.3 Å². The van der Waals surface area contributed by atoms with Crippen LogP contribution >= 0.6 is 11.3 Å². The Balaban J connectivity index is 1.33. The van der Waals surface area contributed by atoms with Gasteiger partial charge < -0.3 is 14.8 Å². The molecule has 4 aromatic rings. The van der Waals surface area contributed by atoms with Crippen LogP contribution in [0, 0.1) is 11.7 Å². The van der Waals surface area contributed by atoms with Gasteiger partial charge in [0.2, 0.25) is 5.91 Å². The Morgan fingerprint density at radius 1 is 1.15 bits per heavy atom. The third-order valence-electron chi connectivity index (χ3n) is 5.67. The van der Waals surface area contributed by atoms with E-state index in [-0.39, 0.29) is 30.1 Å². The number of thiazole rings is 1. The number of nitrogens with zero attached hydrogens (tertiary/aromatic N) is 2.